The Balaban J connectivity index is 2.29. The zero-order chi connectivity index (χ0) is 13.6. The van der Waals surface area contributed by atoms with Gasteiger partial charge in [-0.3, -0.25) is 4.79 Å². The molecule has 3 heteroatoms. The van der Waals surface area contributed by atoms with Gasteiger partial charge in [0.25, 0.3) is 0 Å². The average Bonchev–Trinajstić information content (AvgIpc) is 2.25. The van der Waals surface area contributed by atoms with E-state index in [0.29, 0.717) is 0 Å². The zero-order valence-corrected chi connectivity index (χ0v) is 11.7. The highest BCUT2D eigenvalue weighted by molar-refractivity contribution is 5.72. The highest BCUT2D eigenvalue weighted by Gasteiger charge is 2.16. The van der Waals surface area contributed by atoms with Crippen molar-refractivity contribution in [2.24, 2.45) is 0 Å². The molecule has 0 fully saturated rings. The van der Waals surface area contributed by atoms with Gasteiger partial charge in [-0.2, -0.15) is 0 Å². The molecule has 1 rings (SSSR count). The standard InChI is InChI=1S/C15H23NO2/c1-12(10-13-8-6-5-7-9-13)16-11-14(17)18-15(2,3)4/h5-9,12,16H,10-11H2,1-4H3. The molecule has 1 unspecified atom stereocenters. The number of rotatable bonds is 5. The lowest BCUT2D eigenvalue weighted by atomic mass is 10.1. The number of hydrogen-bond acceptors (Lipinski definition) is 3. The molecule has 1 N–H and O–H groups in total. The molecule has 0 aliphatic carbocycles. The third kappa shape index (κ3) is 6.40. The Morgan fingerprint density at radius 3 is 2.44 bits per heavy atom. The van der Waals surface area contributed by atoms with Crippen molar-refractivity contribution in [2.75, 3.05) is 6.54 Å². The molecule has 1 atom stereocenters. The number of carbonyl (C=O) groups excluding carboxylic acids is 1. The van der Waals surface area contributed by atoms with E-state index in [-0.39, 0.29) is 18.6 Å². The number of nitrogens with one attached hydrogen (secondary N) is 1. The maximum absolute atomic E-state index is 11.5. The summed E-state index contributed by atoms with van der Waals surface area (Å²) >= 11 is 0. The van der Waals surface area contributed by atoms with E-state index < -0.39 is 5.60 Å². The van der Waals surface area contributed by atoms with Crippen LogP contribution in [-0.4, -0.2) is 24.2 Å². The molecule has 0 saturated heterocycles. The molecule has 1 aromatic carbocycles. The zero-order valence-electron chi connectivity index (χ0n) is 11.7. The number of esters is 1. The van der Waals surface area contributed by atoms with Gasteiger partial charge in [-0.1, -0.05) is 30.3 Å². The Hall–Kier alpha value is -1.35. The van der Waals surface area contributed by atoms with Gasteiger partial charge in [0.2, 0.25) is 0 Å². The van der Waals surface area contributed by atoms with Crippen molar-refractivity contribution < 1.29 is 9.53 Å². The van der Waals surface area contributed by atoms with E-state index in [0.717, 1.165) is 6.42 Å². The van der Waals surface area contributed by atoms with Crippen LogP contribution in [0.2, 0.25) is 0 Å². The van der Waals surface area contributed by atoms with Crippen LogP contribution in [0.15, 0.2) is 30.3 Å². The van der Waals surface area contributed by atoms with Crippen molar-refractivity contribution in [3.8, 4) is 0 Å². The Kier molecular flexibility index (Phi) is 5.35. The molecule has 0 heterocycles. The predicted molar refractivity (Wildman–Crippen MR) is 73.5 cm³/mol. The van der Waals surface area contributed by atoms with Gasteiger partial charge in [0, 0.05) is 6.04 Å². The number of carbonyl (C=O) groups is 1. The van der Waals surface area contributed by atoms with Crippen LogP contribution in [0, 0.1) is 0 Å². The Bertz CT molecular complexity index is 368. The summed E-state index contributed by atoms with van der Waals surface area (Å²) in [5, 5.41) is 3.18. The Labute approximate surface area is 110 Å². The van der Waals surface area contributed by atoms with Gasteiger partial charge < -0.3 is 10.1 Å². The second-order valence-corrected chi connectivity index (χ2v) is 5.56. The first-order valence-electron chi connectivity index (χ1n) is 6.36. The van der Waals surface area contributed by atoms with Crippen LogP contribution in [0.4, 0.5) is 0 Å². The molecule has 0 aliphatic heterocycles. The van der Waals surface area contributed by atoms with Gasteiger partial charge in [0.05, 0.1) is 6.54 Å². The summed E-state index contributed by atoms with van der Waals surface area (Å²) in [5.74, 6) is -0.206. The lowest BCUT2D eigenvalue weighted by Gasteiger charge is -2.20. The van der Waals surface area contributed by atoms with E-state index in [9.17, 15) is 4.79 Å². The molecule has 18 heavy (non-hydrogen) atoms. The van der Waals surface area contributed by atoms with Gasteiger partial charge in [-0.25, -0.2) is 0 Å². The summed E-state index contributed by atoms with van der Waals surface area (Å²) in [5.41, 5.74) is 0.850. The van der Waals surface area contributed by atoms with Crippen LogP contribution in [0.3, 0.4) is 0 Å². The summed E-state index contributed by atoms with van der Waals surface area (Å²) in [6.07, 6.45) is 0.906. The maximum Gasteiger partial charge on any atom is 0.320 e. The number of hydrogen-bond donors (Lipinski definition) is 1. The summed E-state index contributed by atoms with van der Waals surface area (Å²) in [6.45, 7) is 7.94. The quantitative estimate of drug-likeness (QED) is 0.815. The summed E-state index contributed by atoms with van der Waals surface area (Å²) in [7, 11) is 0. The predicted octanol–water partition coefficient (Wildman–Crippen LogP) is 2.55. The first-order valence-corrected chi connectivity index (χ1v) is 6.36. The molecular formula is C15H23NO2. The first-order chi connectivity index (χ1) is 8.37. The third-order valence-corrected chi connectivity index (χ3v) is 2.40. The number of benzene rings is 1. The van der Waals surface area contributed by atoms with E-state index in [4.69, 9.17) is 4.74 Å². The topological polar surface area (TPSA) is 38.3 Å². The smallest absolute Gasteiger partial charge is 0.320 e. The average molecular weight is 249 g/mol. The molecule has 0 spiro atoms. The monoisotopic (exact) mass is 249 g/mol. The van der Waals surface area contributed by atoms with Crippen molar-refractivity contribution >= 4 is 5.97 Å². The van der Waals surface area contributed by atoms with Gasteiger partial charge >= 0.3 is 5.97 Å². The van der Waals surface area contributed by atoms with Crippen LogP contribution >= 0.6 is 0 Å². The second-order valence-electron chi connectivity index (χ2n) is 5.56. The summed E-state index contributed by atoms with van der Waals surface area (Å²) in [6, 6.07) is 10.5. The van der Waals surface area contributed by atoms with Crippen LogP contribution < -0.4 is 5.32 Å². The maximum atomic E-state index is 11.5. The minimum Gasteiger partial charge on any atom is -0.459 e. The highest BCUT2D eigenvalue weighted by atomic mass is 16.6. The van der Waals surface area contributed by atoms with Crippen LogP contribution in [0.1, 0.15) is 33.3 Å². The van der Waals surface area contributed by atoms with Crippen molar-refractivity contribution in [3.63, 3.8) is 0 Å². The molecule has 3 nitrogen and oxygen atoms in total. The lowest BCUT2D eigenvalue weighted by molar-refractivity contribution is -0.153. The molecule has 0 aromatic heterocycles. The van der Waals surface area contributed by atoms with Gasteiger partial charge in [-0.15, -0.1) is 0 Å². The SMILES string of the molecule is CC(Cc1ccccc1)NCC(=O)OC(C)(C)C. The molecule has 0 aliphatic rings. The van der Waals surface area contributed by atoms with E-state index in [1.165, 1.54) is 5.56 Å². The first kappa shape index (κ1) is 14.7. The molecule has 0 radical (unpaired) electrons. The Morgan fingerprint density at radius 2 is 1.89 bits per heavy atom. The molecule has 0 bridgehead atoms. The van der Waals surface area contributed by atoms with Crippen molar-refractivity contribution in [1.29, 1.82) is 0 Å². The van der Waals surface area contributed by atoms with E-state index >= 15 is 0 Å². The van der Waals surface area contributed by atoms with Crippen molar-refractivity contribution in [3.05, 3.63) is 35.9 Å². The summed E-state index contributed by atoms with van der Waals surface area (Å²) < 4.78 is 5.24. The minimum atomic E-state index is -0.415. The van der Waals surface area contributed by atoms with E-state index in [2.05, 4.69) is 24.4 Å². The minimum absolute atomic E-state index is 0.206. The fourth-order valence-corrected chi connectivity index (χ4v) is 1.67. The molecule has 0 amide bonds. The van der Waals surface area contributed by atoms with E-state index in [1.807, 2.05) is 39.0 Å². The molecule has 1 aromatic rings. The number of ether oxygens (including phenoxy) is 1. The molecular weight excluding hydrogens is 226 g/mol. The second kappa shape index (κ2) is 6.55. The lowest BCUT2D eigenvalue weighted by Crippen LogP contribution is -2.36. The van der Waals surface area contributed by atoms with Crippen molar-refractivity contribution in [2.45, 2.75) is 45.8 Å². The van der Waals surface area contributed by atoms with E-state index in [1.54, 1.807) is 0 Å². The highest BCUT2D eigenvalue weighted by Crippen LogP contribution is 2.07. The molecule has 100 valence electrons. The summed E-state index contributed by atoms with van der Waals surface area (Å²) in [4.78, 5) is 11.5. The van der Waals surface area contributed by atoms with Gasteiger partial charge in [0.1, 0.15) is 5.60 Å². The largest absolute Gasteiger partial charge is 0.459 e. The van der Waals surface area contributed by atoms with Crippen LogP contribution in [0.25, 0.3) is 0 Å². The fraction of sp³-hybridized carbons (Fsp3) is 0.533. The van der Waals surface area contributed by atoms with Gasteiger partial charge in [-0.05, 0) is 39.7 Å². The van der Waals surface area contributed by atoms with Crippen LogP contribution in [0.5, 0.6) is 0 Å². The van der Waals surface area contributed by atoms with Crippen molar-refractivity contribution in [1.82, 2.24) is 5.32 Å². The van der Waals surface area contributed by atoms with Gasteiger partial charge in [0.15, 0.2) is 0 Å². The fourth-order valence-electron chi connectivity index (χ4n) is 1.67. The Morgan fingerprint density at radius 1 is 1.28 bits per heavy atom. The van der Waals surface area contributed by atoms with Crippen LogP contribution in [-0.2, 0) is 16.0 Å². The molecule has 0 saturated carbocycles. The normalized spacial score (nSPS) is 13.1. The third-order valence-electron chi connectivity index (χ3n) is 2.40.